The molecule has 0 bridgehead atoms. The first-order chi connectivity index (χ1) is 36.8. The molecule has 0 spiro atoms. The topological polar surface area (TPSA) is 213 Å². The summed E-state index contributed by atoms with van der Waals surface area (Å²) < 4.78 is 150. The lowest BCUT2D eigenvalue weighted by Gasteiger charge is -2.11. The van der Waals surface area contributed by atoms with Gasteiger partial charge in [0.2, 0.25) is 24.3 Å². The monoisotopic (exact) mass is 1080 g/mol. The minimum absolute atomic E-state index is 0.00319. The van der Waals surface area contributed by atoms with E-state index in [4.69, 9.17) is 23.7 Å². The average Bonchev–Trinajstić information content (AvgIpc) is 4.16. The molecule has 2 fully saturated rings. The van der Waals surface area contributed by atoms with Crippen molar-refractivity contribution in [1.82, 2.24) is 58.6 Å². The number of anilines is 3. The van der Waals surface area contributed by atoms with Gasteiger partial charge in [-0.05, 0) is 69.0 Å². The van der Waals surface area contributed by atoms with Crippen LogP contribution in [-0.2, 0) is 18.5 Å². The molecular weight excluding hydrogens is 1040 g/mol. The fourth-order valence-electron chi connectivity index (χ4n) is 7.76. The molecule has 0 atom stereocenters. The molecule has 6 aromatic heterocycles. The molecule has 0 radical (unpaired) electrons. The Hall–Kier alpha value is -8.92. The van der Waals surface area contributed by atoms with Gasteiger partial charge in [0, 0.05) is 37.3 Å². The van der Waals surface area contributed by atoms with Gasteiger partial charge >= 0.3 is 18.5 Å². The SMILES string of the molecule is CCOc1cccc(-n2cnc3c(NC4CC4)nc(C(F)(F)F)nc32)c1.CNc1nc(C(F)(F)F)nc2c1ncn2-c1ccc(OC)c(OC)c1.FC(F)(F)c1nc(NC2CC2)c2ncn(-c3ccc4c(c3)OCO4)c2n1. The van der Waals surface area contributed by atoms with E-state index in [0.717, 1.165) is 25.7 Å². The van der Waals surface area contributed by atoms with Gasteiger partial charge in [-0.1, -0.05) is 6.07 Å². The van der Waals surface area contributed by atoms with Gasteiger partial charge in [0.25, 0.3) is 0 Å². The second-order valence-corrected chi connectivity index (χ2v) is 17.1. The number of nitrogens with zero attached hydrogens (tertiary/aromatic N) is 12. The van der Waals surface area contributed by atoms with Gasteiger partial charge in [0.05, 0.1) is 37.9 Å². The van der Waals surface area contributed by atoms with E-state index in [1.165, 1.54) is 54.0 Å². The second-order valence-electron chi connectivity index (χ2n) is 17.1. The predicted molar refractivity (Wildman–Crippen MR) is 258 cm³/mol. The van der Waals surface area contributed by atoms with E-state index in [1.54, 1.807) is 60.7 Å². The summed E-state index contributed by atoms with van der Waals surface area (Å²) in [6.45, 7) is 2.46. The lowest BCUT2D eigenvalue weighted by molar-refractivity contribution is -0.145. The van der Waals surface area contributed by atoms with Gasteiger partial charge in [0.15, 0.2) is 73.9 Å². The van der Waals surface area contributed by atoms with Crippen LogP contribution in [0.15, 0.2) is 79.6 Å². The molecule has 0 unspecified atom stereocenters. The van der Waals surface area contributed by atoms with Crippen LogP contribution in [0, 0.1) is 0 Å². The molecule has 20 nitrogen and oxygen atoms in total. The number of aromatic nitrogens is 12. The Morgan fingerprint density at radius 1 is 0.545 bits per heavy atom. The zero-order valence-electron chi connectivity index (χ0n) is 40.7. The number of benzene rings is 3. The number of halogens is 9. The highest BCUT2D eigenvalue weighted by molar-refractivity contribution is 5.86. The predicted octanol–water partition coefficient (Wildman–Crippen LogP) is 9.84. The molecule has 7 heterocycles. The van der Waals surface area contributed by atoms with Crippen molar-refractivity contribution < 1.29 is 63.2 Å². The van der Waals surface area contributed by atoms with Crippen molar-refractivity contribution in [3.05, 3.63) is 97.1 Å². The molecule has 2 saturated carbocycles. The van der Waals surface area contributed by atoms with Crippen LogP contribution in [0.3, 0.4) is 0 Å². The molecule has 0 saturated heterocycles. The van der Waals surface area contributed by atoms with E-state index in [-0.39, 0.29) is 58.8 Å². The molecular formula is C48H42F9N15O5. The summed E-state index contributed by atoms with van der Waals surface area (Å²) in [4.78, 5) is 34.5. The number of hydrogen-bond acceptors (Lipinski definition) is 17. The summed E-state index contributed by atoms with van der Waals surface area (Å²) in [5, 5.41) is 8.64. The molecule has 12 rings (SSSR count). The number of nitrogens with one attached hydrogen (secondary N) is 3. The molecule has 3 aromatic carbocycles. The van der Waals surface area contributed by atoms with E-state index in [1.807, 2.05) is 6.92 Å². The number of alkyl halides is 9. The molecule has 402 valence electrons. The van der Waals surface area contributed by atoms with Crippen molar-refractivity contribution in [2.45, 2.75) is 63.2 Å². The third-order valence-electron chi connectivity index (χ3n) is 11.7. The van der Waals surface area contributed by atoms with Crippen molar-refractivity contribution in [2.75, 3.05) is 50.6 Å². The van der Waals surface area contributed by atoms with E-state index >= 15 is 0 Å². The van der Waals surface area contributed by atoms with Gasteiger partial charge in [0.1, 0.15) is 24.7 Å². The van der Waals surface area contributed by atoms with Crippen LogP contribution < -0.4 is 39.6 Å². The Morgan fingerprint density at radius 3 is 1.47 bits per heavy atom. The number of fused-ring (bicyclic) bond motifs is 4. The fourth-order valence-corrected chi connectivity index (χ4v) is 7.76. The van der Waals surface area contributed by atoms with Crippen molar-refractivity contribution in [1.29, 1.82) is 0 Å². The highest BCUT2D eigenvalue weighted by Crippen LogP contribution is 2.39. The van der Waals surface area contributed by atoms with Crippen molar-refractivity contribution in [2.24, 2.45) is 0 Å². The lowest BCUT2D eigenvalue weighted by Crippen LogP contribution is -2.15. The van der Waals surface area contributed by atoms with Crippen LogP contribution in [0.2, 0.25) is 0 Å². The van der Waals surface area contributed by atoms with E-state index < -0.39 is 36.0 Å². The number of hydrogen-bond donors (Lipinski definition) is 3. The maximum atomic E-state index is 13.3. The Labute approximate surface area is 428 Å². The van der Waals surface area contributed by atoms with Crippen molar-refractivity contribution >= 4 is 50.9 Å². The molecule has 1 aliphatic heterocycles. The molecule has 77 heavy (non-hydrogen) atoms. The largest absolute Gasteiger partial charge is 0.494 e. The zero-order valence-corrected chi connectivity index (χ0v) is 40.7. The number of methoxy groups -OCH3 is 2. The van der Waals surface area contributed by atoms with Gasteiger partial charge < -0.3 is 39.6 Å². The maximum absolute atomic E-state index is 13.3. The minimum atomic E-state index is -4.67. The highest BCUT2D eigenvalue weighted by atomic mass is 19.4. The zero-order chi connectivity index (χ0) is 54.4. The third-order valence-corrected chi connectivity index (χ3v) is 11.7. The first-order valence-corrected chi connectivity index (χ1v) is 23.4. The first kappa shape index (κ1) is 51.6. The van der Waals surface area contributed by atoms with Gasteiger partial charge in [-0.2, -0.15) is 39.5 Å². The third kappa shape index (κ3) is 10.9. The molecule has 2 aliphatic carbocycles. The Morgan fingerprint density at radius 2 is 1.00 bits per heavy atom. The molecule has 0 amide bonds. The minimum Gasteiger partial charge on any atom is -0.494 e. The van der Waals surface area contributed by atoms with Crippen LogP contribution in [0.1, 0.15) is 50.1 Å². The van der Waals surface area contributed by atoms with E-state index in [0.29, 0.717) is 63.5 Å². The summed E-state index contributed by atoms with van der Waals surface area (Å²) in [6, 6.07) is 17.3. The smallest absolute Gasteiger partial charge is 0.451 e. The van der Waals surface area contributed by atoms with Crippen LogP contribution in [0.25, 0.3) is 50.6 Å². The van der Waals surface area contributed by atoms with Crippen molar-refractivity contribution in [3.8, 4) is 45.8 Å². The molecule has 3 aliphatic rings. The lowest BCUT2D eigenvalue weighted by atomic mass is 10.2. The van der Waals surface area contributed by atoms with E-state index in [9.17, 15) is 39.5 Å². The average molecular weight is 1080 g/mol. The summed E-state index contributed by atoms with van der Waals surface area (Å²) in [5.41, 5.74) is 2.74. The number of imidazole rings is 3. The van der Waals surface area contributed by atoms with Crippen LogP contribution >= 0.6 is 0 Å². The van der Waals surface area contributed by atoms with Crippen LogP contribution in [0.4, 0.5) is 57.0 Å². The normalized spacial score (nSPS) is 14.2. The Kier molecular flexibility index (Phi) is 13.6. The summed E-state index contributed by atoms with van der Waals surface area (Å²) in [5.74, 6) is -0.764. The van der Waals surface area contributed by atoms with Gasteiger partial charge in [-0.15, -0.1) is 0 Å². The quantitative estimate of drug-likeness (QED) is 0.0971. The van der Waals surface area contributed by atoms with Crippen LogP contribution in [0.5, 0.6) is 28.7 Å². The first-order valence-electron chi connectivity index (χ1n) is 23.4. The standard InChI is InChI=1S/C17H16F3N5O.C16H12F3N5O2.C15H14F3N5O2/c1-2-26-12-5-3-4-11(8-12)25-9-21-13-14(22-10-6-7-10)23-16(17(18,19)20)24-15(13)25;17-16(18,19)15-22-13(21-8-1-2-8)12-14(23-15)24(6-20-12)9-3-4-10-11(5-9)26-7-25-10;1-19-12-11-13(22-14(21-12)15(16,17)18)23(7-20-11)8-4-5-9(24-2)10(6-8)25-3/h3-5,8-10H,2,6-7H2,1H3,(H,22,23,24);3-6,8H,1-2,7H2,(H,21,22,23);4-7H,1-3H3,(H,19,21,22). The van der Waals surface area contributed by atoms with E-state index in [2.05, 4.69) is 60.8 Å². The van der Waals surface area contributed by atoms with Gasteiger partial charge in [-0.25, -0.2) is 44.9 Å². The molecule has 9 aromatic rings. The van der Waals surface area contributed by atoms with Crippen LogP contribution in [-0.4, -0.2) is 105 Å². The second kappa shape index (κ2) is 20.3. The Bertz CT molecular complexity index is 3630. The van der Waals surface area contributed by atoms with Gasteiger partial charge in [-0.3, -0.25) is 13.7 Å². The molecule has 3 N–H and O–H groups in total. The van der Waals surface area contributed by atoms with Crippen molar-refractivity contribution in [3.63, 3.8) is 0 Å². The maximum Gasteiger partial charge on any atom is 0.451 e. The highest BCUT2D eigenvalue weighted by Gasteiger charge is 2.39. The summed E-state index contributed by atoms with van der Waals surface area (Å²) >= 11 is 0. The number of ether oxygens (including phenoxy) is 5. The Balaban J connectivity index is 0.000000131. The number of rotatable bonds is 12. The fraction of sp³-hybridized carbons (Fsp3) is 0.312. The summed E-state index contributed by atoms with van der Waals surface area (Å²) in [7, 11) is 4.43. The summed E-state index contributed by atoms with van der Waals surface area (Å²) in [6.07, 6.45) is -6.11. The molecule has 29 heteroatoms.